The third kappa shape index (κ3) is 1.36. The highest BCUT2D eigenvalue weighted by atomic mass is 16.5. The van der Waals surface area contributed by atoms with Crippen molar-refractivity contribution in [2.24, 2.45) is 0 Å². The molecule has 1 fully saturated rings. The topological polar surface area (TPSA) is 47.0 Å². The van der Waals surface area contributed by atoms with Crippen LogP contribution in [0.1, 0.15) is 11.9 Å². The van der Waals surface area contributed by atoms with Gasteiger partial charge in [0.2, 0.25) is 0 Å². The molecular formula is C7H9N3O. The van der Waals surface area contributed by atoms with Gasteiger partial charge in [-0.25, -0.2) is 9.97 Å². The maximum absolute atomic E-state index is 5.34. The highest BCUT2D eigenvalue weighted by Gasteiger charge is 2.16. The monoisotopic (exact) mass is 151 g/mol. The molecule has 1 aliphatic heterocycles. The first-order chi connectivity index (χ1) is 5.47. The molecular weight excluding hydrogens is 142 g/mol. The van der Waals surface area contributed by atoms with Crippen molar-refractivity contribution in [2.75, 3.05) is 13.2 Å². The summed E-state index contributed by atoms with van der Waals surface area (Å²) in [5, 5.41) is 3.16. The Hall–Kier alpha value is -1.00. The first-order valence-electron chi connectivity index (χ1n) is 3.58. The van der Waals surface area contributed by atoms with E-state index < -0.39 is 0 Å². The molecule has 0 aromatic carbocycles. The van der Waals surface area contributed by atoms with E-state index in [1.54, 1.807) is 6.20 Å². The quantitative estimate of drug-likeness (QED) is 0.618. The first-order valence-corrected chi connectivity index (χ1v) is 3.58. The molecule has 1 unspecified atom stereocenters. The zero-order valence-corrected chi connectivity index (χ0v) is 6.03. The van der Waals surface area contributed by atoms with Crippen molar-refractivity contribution in [2.45, 2.75) is 6.23 Å². The molecule has 0 saturated carbocycles. The minimum absolute atomic E-state index is 0.0296. The molecule has 2 rings (SSSR count). The number of hydrogen-bond acceptors (Lipinski definition) is 4. The van der Waals surface area contributed by atoms with E-state index in [-0.39, 0.29) is 6.23 Å². The molecule has 4 heteroatoms. The van der Waals surface area contributed by atoms with Crippen molar-refractivity contribution in [1.29, 1.82) is 0 Å². The van der Waals surface area contributed by atoms with Gasteiger partial charge in [-0.3, -0.25) is 5.32 Å². The number of rotatable bonds is 1. The van der Waals surface area contributed by atoms with E-state index in [1.807, 2.05) is 6.07 Å². The van der Waals surface area contributed by atoms with Gasteiger partial charge in [-0.2, -0.15) is 0 Å². The molecule has 1 aliphatic rings. The van der Waals surface area contributed by atoms with Crippen molar-refractivity contribution >= 4 is 0 Å². The van der Waals surface area contributed by atoms with Gasteiger partial charge in [0.05, 0.1) is 12.3 Å². The van der Waals surface area contributed by atoms with Gasteiger partial charge in [0.15, 0.2) is 6.23 Å². The lowest BCUT2D eigenvalue weighted by atomic mass is 10.4. The Morgan fingerprint density at radius 1 is 1.64 bits per heavy atom. The Morgan fingerprint density at radius 3 is 3.27 bits per heavy atom. The van der Waals surface area contributed by atoms with Crippen LogP contribution in [0.4, 0.5) is 0 Å². The van der Waals surface area contributed by atoms with Crippen LogP contribution in [-0.4, -0.2) is 23.1 Å². The average Bonchev–Trinajstić information content (AvgIpc) is 2.58. The summed E-state index contributed by atoms with van der Waals surface area (Å²) in [5.41, 5.74) is 0.900. The molecule has 0 radical (unpaired) electrons. The summed E-state index contributed by atoms with van der Waals surface area (Å²) < 4.78 is 5.34. The second-order valence-electron chi connectivity index (χ2n) is 2.34. The van der Waals surface area contributed by atoms with Crippen molar-refractivity contribution in [3.05, 3.63) is 24.3 Å². The molecule has 0 amide bonds. The number of ether oxygens (including phenoxy) is 1. The van der Waals surface area contributed by atoms with Gasteiger partial charge >= 0.3 is 0 Å². The smallest absolute Gasteiger partial charge is 0.151 e. The van der Waals surface area contributed by atoms with Crippen LogP contribution in [0.2, 0.25) is 0 Å². The zero-order valence-electron chi connectivity index (χ0n) is 6.03. The normalized spacial score (nSPS) is 23.8. The highest BCUT2D eigenvalue weighted by Crippen LogP contribution is 2.13. The Labute approximate surface area is 64.6 Å². The van der Waals surface area contributed by atoms with E-state index >= 15 is 0 Å². The summed E-state index contributed by atoms with van der Waals surface area (Å²) in [6.07, 6.45) is 3.21. The average molecular weight is 151 g/mol. The summed E-state index contributed by atoms with van der Waals surface area (Å²) in [6, 6.07) is 1.85. The van der Waals surface area contributed by atoms with Gasteiger partial charge in [-0.05, 0) is 6.07 Å². The Balaban J connectivity index is 2.16. The fourth-order valence-electron chi connectivity index (χ4n) is 1.07. The van der Waals surface area contributed by atoms with Crippen molar-refractivity contribution in [3.63, 3.8) is 0 Å². The van der Waals surface area contributed by atoms with Crippen molar-refractivity contribution in [1.82, 2.24) is 15.3 Å². The van der Waals surface area contributed by atoms with Gasteiger partial charge in [-0.1, -0.05) is 0 Å². The molecule has 1 atom stereocenters. The zero-order chi connectivity index (χ0) is 7.52. The van der Waals surface area contributed by atoms with Crippen LogP contribution in [0.5, 0.6) is 0 Å². The fraction of sp³-hybridized carbons (Fsp3) is 0.429. The van der Waals surface area contributed by atoms with E-state index in [1.165, 1.54) is 6.33 Å². The maximum atomic E-state index is 5.34. The van der Waals surface area contributed by atoms with Crippen LogP contribution in [0.25, 0.3) is 0 Å². The molecule has 0 aliphatic carbocycles. The molecule has 2 heterocycles. The first kappa shape index (κ1) is 6.69. The molecule has 11 heavy (non-hydrogen) atoms. The molecule has 58 valence electrons. The van der Waals surface area contributed by atoms with E-state index in [9.17, 15) is 0 Å². The van der Waals surface area contributed by atoms with Crippen LogP contribution in [0, 0.1) is 0 Å². The van der Waals surface area contributed by atoms with E-state index in [0.717, 1.165) is 18.8 Å². The molecule has 1 aromatic rings. The lowest BCUT2D eigenvalue weighted by Crippen LogP contribution is -2.14. The minimum atomic E-state index is -0.0296. The van der Waals surface area contributed by atoms with Gasteiger partial charge in [0.1, 0.15) is 6.33 Å². The number of hydrogen-bond donors (Lipinski definition) is 1. The van der Waals surface area contributed by atoms with Gasteiger partial charge in [-0.15, -0.1) is 0 Å². The van der Waals surface area contributed by atoms with Gasteiger partial charge in [0.25, 0.3) is 0 Å². The predicted octanol–water partition coefficient (Wildman–Crippen LogP) is 0.0950. The largest absolute Gasteiger partial charge is 0.356 e. The number of nitrogens with one attached hydrogen (secondary N) is 1. The van der Waals surface area contributed by atoms with Gasteiger partial charge in [0, 0.05) is 12.7 Å². The summed E-state index contributed by atoms with van der Waals surface area (Å²) in [4.78, 5) is 7.88. The fourth-order valence-corrected chi connectivity index (χ4v) is 1.07. The van der Waals surface area contributed by atoms with Crippen molar-refractivity contribution in [3.8, 4) is 0 Å². The van der Waals surface area contributed by atoms with E-state index in [0.29, 0.717) is 0 Å². The summed E-state index contributed by atoms with van der Waals surface area (Å²) >= 11 is 0. The van der Waals surface area contributed by atoms with Crippen LogP contribution in [0.3, 0.4) is 0 Å². The Bertz CT molecular complexity index is 220. The second kappa shape index (κ2) is 2.94. The summed E-state index contributed by atoms with van der Waals surface area (Å²) in [6.45, 7) is 1.66. The van der Waals surface area contributed by atoms with E-state index in [2.05, 4.69) is 15.3 Å². The molecule has 1 saturated heterocycles. The van der Waals surface area contributed by atoms with Crippen LogP contribution in [-0.2, 0) is 4.74 Å². The molecule has 0 spiro atoms. The van der Waals surface area contributed by atoms with Gasteiger partial charge < -0.3 is 4.74 Å². The third-order valence-electron chi connectivity index (χ3n) is 1.59. The summed E-state index contributed by atoms with van der Waals surface area (Å²) in [7, 11) is 0. The minimum Gasteiger partial charge on any atom is -0.356 e. The predicted molar refractivity (Wildman–Crippen MR) is 38.7 cm³/mol. The Morgan fingerprint density at radius 2 is 2.64 bits per heavy atom. The second-order valence-corrected chi connectivity index (χ2v) is 2.34. The SMILES string of the molecule is c1cc(C2NCCO2)ncn1. The summed E-state index contributed by atoms with van der Waals surface area (Å²) in [5.74, 6) is 0. The lowest BCUT2D eigenvalue weighted by Gasteiger charge is -2.06. The maximum Gasteiger partial charge on any atom is 0.151 e. The number of aromatic nitrogens is 2. The standard InChI is InChI=1S/C7H9N3O/c1-2-8-5-10-6(1)7-9-3-4-11-7/h1-2,5,7,9H,3-4H2. The van der Waals surface area contributed by atoms with Crippen LogP contribution < -0.4 is 5.32 Å². The lowest BCUT2D eigenvalue weighted by molar-refractivity contribution is 0.0984. The molecule has 4 nitrogen and oxygen atoms in total. The van der Waals surface area contributed by atoms with E-state index in [4.69, 9.17) is 4.74 Å². The van der Waals surface area contributed by atoms with Crippen LogP contribution >= 0.6 is 0 Å². The molecule has 1 N–H and O–H groups in total. The third-order valence-corrected chi connectivity index (χ3v) is 1.59. The highest BCUT2D eigenvalue weighted by molar-refractivity contribution is 5.02. The number of nitrogens with zero attached hydrogens (tertiary/aromatic N) is 2. The van der Waals surface area contributed by atoms with Crippen LogP contribution in [0.15, 0.2) is 18.6 Å². The Kier molecular flexibility index (Phi) is 1.79. The van der Waals surface area contributed by atoms with Crippen molar-refractivity contribution < 1.29 is 4.74 Å². The molecule has 0 bridgehead atoms. The molecule has 1 aromatic heterocycles.